The van der Waals surface area contributed by atoms with Gasteiger partial charge in [0, 0.05) is 17.1 Å². The molecule has 2 aromatic rings. The van der Waals surface area contributed by atoms with Crippen LogP contribution >= 0.6 is 35.1 Å². The Morgan fingerprint density at radius 1 is 1.33 bits per heavy atom. The maximum absolute atomic E-state index is 12.0. The summed E-state index contributed by atoms with van der Waals surface area (Å²) in [7, 11) is 0. The fraction of sp³-hybridized carbons (Fsp3) is 0.278. The van der Waals surface area contributed by atoms with Gasteiger partial charge in [0.1, 0.15) is 11.5 Å². The number of amides is 1. The van der Waals surface area contributed by atoms with Crippen molar-refractivity contribution in [1.29, 1.82) is 0 Å². The summed E-state index contributed by atoms with van der Waals surface area (Å²) in [6.45, 7) is 2.06. The van der Waals surface area contributed by atoms with E-state index in [9.17, 15) is 9.59 Å². The Balaban J connectivity index is 1.62. The van der Waals surface area contributed by atoms with E-state index in [4.69, 9.17) is 21.1 Å². The van der Waals surface area contributed by atoms with E-state index in [1.807, 2.05) is 0 Å². The number of hydrogen-bond acceptors (Lipinski definition) is 6. The molecular formula is C18H17ClN2O4S2. The summed E-state index contributed by atoms with van der Waals surface area (Å²) >= 11 is 9.45. The van der Waals surface area contributed by atoms with Gasteiger partial charge in [0.25, 0.3) is 0 Å². The highest BCUT2D eigenvalue weighted by molar-refractivity contribution is 8.21. The second-order valence-electron chi connectivity index (χ2n) is 6.00. The van der Waals surface area contributed by atoms with E-state index < -0.39 is 5.97 Å². The van der Waals surface area contributed by atoms with Gasteiger partial charge in [-0.1, -0.05) is 11.6 Å². The predicted octanol–water partition coefficient (Wildman–Crippen LogP) is 4.33. The van der Waals surface area contributed by atoms with Gasteiger partial charge < -0.3 is 9.52 Å². The van der Waals surface area contributed by atoms with Crippen LogP contribution in [0.1, 0.15) is 29.5 Å². The molecule has 1 saturated heterocycles. The minimum atomic E-state index is -1.11. The number of carboxylic acid groups (broad SMARTS) is 1. The second-order valence-corrected chi connectivity index (χ2v) is 9.86. The molecule has 0 spiro atoms. The minimum absolute atomic E-state index is 0.00388. The second kappa shape index (κ2) is 8.41. The number of furan rings is 1. The molecular weight excluding hydrogens is 408 g/mol. The zero-order valence-corrected chi connectivity index (χ0v) is 16.8. The number of benzene rings is 1. The highest BCUT2D eigenvalue weighted by Gasteiger charge is 2.32. The lowest BCUT2D eigenvalue weighted by Gasteiger charge is -2.19. The van der Waals surface area contributed by atoms with Gasteiger partial charge >= 0.3 is 5.97 Å². The maximum Gasteiger partial charge on any atom is 0.337 e. The summed E-state index contributed by atoms with van der Waals surface area (Å²) in [6, 6.07) is 8.02. The summed E-state index contributed by atoms with van der Waals surface area (Å²) in [5.74, 6) is 1.78. The Kier molecular flexibility index (Phi) is 6.18. The number of carbonyl (C=O) groups is 2. The highest BCUT2D eigenvalue weighted by atomic mass is 35.5. The van der Waals surface area contributed by atoms with Crippen molar-refractivity contribution in [2.24, 2.45) is 5.10 Å². The van der Waals surface area contributed by atoms with Crippen molar-refractivity contribution in [3.05, 3.63) is 46.7 Å². The highest BCUT2D eigenvalue weighted by Crippen LogP contribution is 2.45. The molecule has 1 aliphatic rings. The van der Waals surface area contributed by atoms with Crippen LogP contribution in [-0.2, 0) is 4.79 Å². The molecule has 1 aromatic carbocycles. The molecule has 2 N–H and O–H groups in total. The van der Waals surface area contributed by atoms with Gasteiger partial charge in [-0.05, 0) is 37.3 Å². The van der Waals surface area contributed by atoms with Crippen molar-refractivity contribution in [3.8, 4) is 11.3 Å². The standard InChI is InChI=1S/C18H17ClN2O4S2/c1-18(26-6-7-27-18)9-16(22)21-20-10-12-3-5-15(25-12)11-2-4-14(19)13(8-11)17(23)24/h2-5,8,10H,6-7,9H2,1H3,(H,21,22)(H,23,24)/b20-10-. The SMILES string of the molecule is CC1(CC(=O)N/N=C\c2ccc(-c3ccc(Cl)c(C(=O)O)c3)o2)SCCS1. The van der Waals surface area contributed by atoms with Crippen LogP contribution in [-0.4, -0.2) is 38.8 Å². The van der Waals surface area contributed by atoms with Crippen molar-refractivity contribution >= 4 is 53.2 Å². The van der Waals surface area contributed by atoms with Crippen LogP contribution in [0.4, 0.5) is 0 Å². The van der Waals surface area contributed by atoms with Crippen LogP contribution in [0.2, 0.25) is 5.02 Å². The van der Waals surface area contributed by atoms with Crippen LogP contribution in [0.15, 0.2) is 39.9 Å². The lowest BCUT2D eigenvalue weighted by Crippen LogP contribution is -2.26. The number of aromatic carboxylic acids is 1. The van der Waals surface area contributed by atoms with E-state index in [-0.39, 0.29) is 20.6 Å². The molecule has 3 rings (SSSR count). The molecule has 1 amide bonds. The summed E-state index contributed by atoms with van der Waals surface area (Å²) in [5, 5.41) is 13.2. The van der Waals surface area contributed by atoms with E-state index >= 15 is 0 Å². The summed E-state index contributed by atoms with van der Waals surface area (Å²) < 4.78 is 5.55. The molecule has 2 heterocycles. The van der Waals surface area contributed by atoms with Crippen molar-refractivity contribution in [2.45, 2.75) is 17.4 Å². The van der Waals surface area contributed by atoms with E-state index in [1.165, 1.54) is 18.3 Å². The molecule has 0 atom stereocenters. The number of nitrogens with zero attached hydrogens (tertiary/aromatic N) is 1. The zero-order chi connectivity index (χ0) is 19.4. The Bertz CT molecular complexity index is 891. The number of thioether (sulfide) groups is 2. The monoisotopic (exact) mass is 424 g/mol. The first-order valence-electron chi connectivity index (χ1n) is 8.09. The average molecular weight is 425 g/mol. The molecule has 0 aliphatic carbocycles. The largest absolute Gasteiger partial charge is 0.478 e. The van der Waals surface area contributed by atoms with E-state index in [2.05, 4.69) is 17.5 Å². The third-order valence-electron chi connectivity index (χ3n) is 3.87. The molecule has 1 fully saturated rings. The Labute approximate surface area is 169 Å². The number of carbonyl (C=O) groups excluding carboxylic acids is 1. The first-order valence-corrected chi connectivity index (χ1v) is 10.4. The third-order valence-corrected chi connectivity index (χ3v) is 7.49. The first-order chi connectivity index (χ1) is 12.9. The van der Waals surface area contributed by atoms with Crippen molar-refractivity contribution < 1.29 is 19.1 Å². The Hall–Kier alpha value is -1.90. The molecule has 1 aliphatic heterocycles. The summed E-state index contributed by atoms with van der Waals surface area (Å²) in [6.07, 6.45) is 1.80. The van der Waals surface area contributed by atoms with Crippen LogP contribution in [0.25, 0.3) is 11.3 Å². The normalized spacial score (nSPS) is 15.9. The first kappa shape index (κ1) is 19.9. The zero-order valence-electron chi connectivity index (χ0n) is 14.4. The fourth-order valence-electron chi connectivity index (χ4n) is 2.58. The predicted molar refractivity (Wildman–Crippen MR) is 110 cm³/mol. The number of hydrogen-bond donors (Lipinski definition) is 2. The summed E-state index contributed by atoms with van der Waals surface area (Å²) in [5.41, 5.74) is 3.10. The molecule has 0 radical (unpaired) electrons. The Morgan fingerprint density at radius 2 is 2.07 bits per heavy atom. The van der Waals surface area contributed by atoms with E-state index in [1.54, 1.807) is 41.7 Å². The van der Waals surface area contributed by atoms with Gasteiger partial charge in [0.15, 0.2) is 0 Å². The molecule has 0 saturated carbocycles. The van der Waals surface area contributed by atoms with Crippen LogP contribution in [0.5, 0.6) is 0 Å². The van der Waals surface area contributed by atoms with E-state index in [0.29, 0.717) is 23.5 Å². The van der Waals surface area contributed by atoms with Crippen LogP contribution in [0.3, 0.4) is 0 Å². The smallest absolute Gasteiger partial charge is 0.337 e. The number of nitrogens with one attached hydrogen (secondary N) is 1. The molecule has 9 heteroatoms. The molecule has 27 heavy (non-hydrogen) atoms. The maximum atomic E-state index is 12.0. The summed E-state index contributed by atoms with van der Waals surface area (Å²) in [4.78, 5) is 23.2. The topological polar surface area (TPSA) is 91.9 Å². The molecule has 0 bridgehead atoms. The van der Waals surface area contributed by atoms with E-state index in [0.717, 1.165) is 11.5 Å². The lowest BCUT2D eigenvalue weighted by molar-refractivity contribution is -0.121. The van der Waals surface area contributed by atoms with Crippen molar-refractivity contribution in [3.63, 3.8) is 0 Å². The van der Waals surface area contributed by atoms with Gasteiger partial charge in [0.2, 0.25) is 5.91 Å². The number of halogens is 1. The molecule has 0 unspecified atom stereocenters. The van der Waals surface area contributed by atoms with Gasteiger partial charge in [0.05, 0.1) is 27.3 Å². The van der Waals surface area contributed by atoms with Crippen molar-refractivity contribution in [2.75, 3.05) is 11.5 Å². The molecule has 1 aromatic heterocycles. The fourth-order valence-corrected chi connectivity index (χ4v) is 5.61. The number of rotatable bonds is 6. The van der Waals surface area contributed by atoms with Crippen molar-refractivity contribution in [1.82, 2.24) is 5.43 Å². The van der Waals surface area contributed by atoms with Crippen LogP contribution < -0.4 is 5.43 Å². The Morgan fingerprint density at radius 3 is 2.78 bits per heavy atom. The van der Waals surface area contributed by atoms with Gasteiger partial charge in [-0.25, -0.2) is 10.2 Å². The number of carboxylic acids is 1. The van der Waals surface area contributed by atoms with Gasteiger partial charge in [-0.15, -0.1) is 23.5 Å². The minimum Gasteiger partial charge on any atom is -0.478 e. The lowest BCUT2D eigenvalue weighted by atomic mass is 10.1. The average Bonchev–Trinajstić information content (AvgIpc) is 3.24. The third kappa shape index (κ3) is 5.09. The van der Waals surface area contributed by atoms with Crippen LogP contribution in [0, 0.1) is 0 Å². The quantitative estimate of drug-likeness (QED) is 0.529. The number of hydrazone groups is 1. The molecule has 6 nitrogen and oxygen atoms in total. The van der Waals surface area contributed by atoms with Gasteiger partial charge in [-0.3, -0.25) is 4.79 Å². The molecule has 142 valence electrons. The van der Waals surface area contributed by atoms with Gasteiger partial charge in [-0.2, -0.15) is 5.10 Å².